The molecule has 59 heavy (non-hydrogen) atoms. The van der Waals surface area contributed by atoms with E-state index in [1.165, 1.54) is 0 Å². The zero-order chi connectivity index (χ0) is 40.5. The van der Waals surface area contributed by atoms with Crippen LogP contribution in [0.25, 0.3) is 45.3 Å². The zero-order valence-electron chi connectivity index (χ0n) is 34.4. The Kier molecular flexibility index (Phi) is 10.8. The second-order valence-corrected chi connectivity index (χ2v) is 17.1. The van der Waals surface area contributed by atoms with Gasteiger partial charge in [-0.1, -0.05) is 24.3 Å². The molecule has 1 saturated heterocycles. The number of benzene rings is 2. The summed E-state index contributed by atoms with van der Waals surface area (Å²) in [5.41, 5.74) is 6.90. The highest BCUT2D eigenvalue weighted by molar-refractivity contribution is 5.70. The van der Waals surface area contributed by atoms with Crippen molar-refractivity contribution in [3.63, 3.8) is 0 Å². The normalized spacial score (nSPS) is 18.1. The predicted molar refractivity (Wildman–Crippen MR) is 231 cm³/mol. The number of aromatic nitrogens is 8. The molecule has 0 amide bonds. The number of imidazole rings is 2. The van der Waals surface area contributed by atoms with Crippen molar-refractivity contribution >= 4 is 28.6 Å². The Balaban J connectivity index is 0.768. The van der Waals surface area contributed by atoms with Crippen LogP contribution < -0.4 is 15.5 Å². The van der Waals surface area contributed by atoms with Crippen LogP contribution in [0.1, 0.15) is 58.3 Å². The fourth-order valence-corrected chi connectivity index (χ4v) is 8.61. The second-order valence-electron chi connectivity index (χ2n) is 17.1. The molecule has 0 atom stereocenters. The summed E-state index contributed by atoms with van der Waals surface area (Å²) in [6.07, 6.45) is 10.7. The van der Waals surface area contributed by atoms with E-state index in [1.807, 2.05) is 85.8 Å². The van der Waals surface area contributed by atoms with E-state index in [1.54, 1.807) is 0 Å². The van der Waals surface area contributed by atoms with Crippen LogP contribution in [0.2, 0.25) is 0 Å². The van der Waals surface area contributed by atoms with Crippen molar-refractivity contribution in [1.29, 1.82) is 0 Å². The summed E-state index contributed by atoms with van der Waals surface area (Å²) in [4.78, 5) is 13.8. The molecule has 6 heterocycles. The van der Waals surface area contributed by atoms with Crippen LogP contribution in [0.5, 0.6) is 0 Å². The molecule has 14 nitrogen and oxygen atoms in total. The SMILES string of the molecule is CN(C)c1cccc(-c2cnc3ccc(NCC4CCN(CCc5nnc(-c6cccc(-c7cnc8ccc(N[C@H]9CC[C@H](C(C)(C)O)CC9)nn78)c6)o5)CC4)nn23)c1. The minimum absolute atomic E-state index is 0.329. The molecular weight excluding hydrogens is 741 g/mol. The lowest BCUT2D eigenvalue weighted by atomic mass is 9.77. The smallest absolute Gasteiger partial charge is 0.247 e. The first-order valence-corrected chi connectivity index (χ1v) is 21.0. The van der Waals surface area contributed by atoms with E-state index in [-0.39, 0.29) is 0 Å². The van der Waals surface area contributed by atoms with Gasteiger partial charge < -0.3 is 30.0 Å². The summed E-state index contributed by atoms with van der Waals surface area (Å²) < 4.78 is 10.0. The topological polar surface area (TPSA) is 150 Å². The van der Waals surface area contributed by atoms with Crippen LogP contribution in [0, 0.1) is 11.8 Å². The average Bonchev–Trinajstić information content (AvgIpc) is 4.01. The lowest BCUT2D eigenvalue weighted by molar-refractivity contribution is -0.000408. The molecule has 0 unspecified atom stereocenters. The number of likely N-dealkylation sites (tertiary alicyclic amines) is 1. The van der Waals surface area contributed by atoms with Gasteiger partial charge in [0.25, 0.3) is 0 Å². The number of anilines is 3. The van der Waals surface area contributed by atoms with Crippen LogP contribution >= 0.6 is 0 Å². The number of nitrogens with zero attached hydrogens (tertiary/aromatic N) is 10. The van der Waals surface area contributed by atoms with Gasteiger partial charge in [-0.05, 0) is 126 Å². The van der Waals surface area contributed by atoms with Gasteiger partial charge in [0.2, 0.25) is 11.8 Å². The minimum Gasteiger partial charge on any atom is -0.421 e. The minimum atomic E-state index is -0.632. The standard InChI is InChI=1S/C45H54N12O2/c1-45(2,58)34-11-13-35(14-12-34)49-40-16-18-42-47-28-37(57(42)53-40)31-7-5-9-33(25-31)44-51-50-43(59-44)21-24-55-22-19-30(20-23-55)27-46-39-15-17-41-48-29-38(56(41)52-39)32-8-6-10-36(26-32)54(3)4/h5-10,15-18,25-26,28-30,34-35,58H,11-14,19-24,27H2,1-4H3,(H,46,52)(H,49,53)/t34-,35-. The number of rotatable bonds is 13. The molecule has 1 saturated carbocycles. The molecule has 306 valence electrons. The fourth-order valence-electron chi connectivity index (χ4n) is 8.61. The number of piperidine rings is 1. The average molecular weight is 795 g/mol. The number of fused-ring (bicyclic) bond motifs is 2. The van der Waals surface area contributed by atoms with Crippen molar-refractivity contribution in [3.05, 3.63) is 91.1 Å². The quantitative estimate of drug-likeness (QED) is 0.107. The van der Waals surface area contributed by atoms with E-state index in [0.717, 1.165) is 121 Å². The highest BCUT2D eigenvalue weighted by atomic mass is 16.4. The van der Waals surface area contributed by atoms with Crippen LogP contribution in [-0.4, -0.2) is 101 Å². The second kappa shape index (κ2) is 16.4. The van der Waals surface area contributed by atoms with Crippen molar-refractivity contribution in [2.24, 2.45) is 11.8 Å². The largest absolute Gasteiger partial charge is 0.421 e. The molecule has 3 N–H and O–H groups in total. The Morgan fingerprint density at radius 3 is 2.10 bits per heavy atom. The van der Waals surface area contributed by atoms with Gasteiger partial charge in [0.05, 0.1) is 29.4 Å². The molecule has 1 aliphatic carbocycles. The monoisotopic (exact) mass is 794 g/mol. The van der Waals surface area contributed by atoms with Gasteiger partial charge in [0, 0.05) is 62.0 Å². The molecule has 5 aromatic heterocycles. The van der Waals surface area contributed by atoms with Gasteiger partial charge in [0.1, 0.15) is 11.6 Å². The molecule has 9 rings (SSSR count). The molecule has 0 radical (unpaired) electrons. The van der Waals surface area contributed by atoms with Gasteiger partial charge in [0.15, 0.2) is 11.3 Å². The Bertz CT molecular complexity index is 2520. The molecule has 14 heteroatoms. The molecular formula is C45H54N12O2. The van der Waals surface area contributed by atoms with Crippen molar-refractivity contribution < 1.29 is 9.52 Å². The van der Waals surface area contributed by atoms with Gasteiger partial charge >= 0.3 is 0 Å². The molecule has 2 aromatic carbocycles. The molecule has 7 aromatic rings. The molecule has 2 aliphatic rings. The van der Waals surface area contributed by atoms with E-state index in [0.29, 0.717) is 36.1 Å². The Hall–Kier alpha value is -5.86. The third-order valence-electron chi connectivity index (χ3n) is 12.3. The van der Waals surface area contributed by atoms with Crippen LogP contribution in [-0.2, 0) is 6.42 Å². The summed E-state index contributed by atoms with van der Waals surface area (Å²) in [7, 11) is 4.10. The van der Waals surface area contributed by atoms with E-state index >= 15 is 0 Å². The highest BCUT2D eigenvalue weighted by Crippen LogP contribution is 2.34. The number of nitrogens with one attached hydrogen (secondary N) is 2. The third-order valence-corrected chi connectivity index (χ3v) is 12.3. The van der Waals surface area contributed by atoms with Crippen molar-refractivity contribution in [3.8, 4) is 34.0 Å². The third kappa shape index (κ3) is 8.64. The summed E-state index contributed by atoms with van der Waals surface area (Å²) in [6.45, 7) is 7.66. The predicted octanol–water partition coefficient (Wildman–Crippen LogP) is 7.33. The van der Waals surface area contributed by atoms with Crippen LogP contribution in [0.15, 0.2) is 89.6 Å². The van der Waals surface area contributed by atoms with Gasteiger partial charge in [-0.15, -0.1) is 20.4 Å². The Morgan fingerprint density at radius 2 is 1.41 bits per heavy atom. The summed E-state index contributed by atoms with van der Waals surface area (Å²) in [5.74, 6) is 3.73. The van der Waals surface area contributed by atoms with Gasteiger partial charge in [-0.25, -0.2) is 19.0 Å². The molecule has 1 aliphatic heterocycles. The lowest BCUT2D eigenvalue weighted by Crippen LogP contribution is -2.37. The summed E-state index contributed by atoms with van der Waals surface area (Å²) in [6, 6.07) is 24.9. The fraction of sp³-hybridized carbons (Fsp3) is 0.422. The first-order valence-electron chi connectivity index (χ1n) is 21.0. The summed E-state index contributed by atoms with van der Waals surface area (Å²) in [5, 5.41) is 36.4. The lowest BCUT2D eigenvalue weighted by Gasteiger charge is -2.36. The Morgan fingerprint density at radius 1 is 0.763 bits per heavy atom. The maximum absolute atomic E-state index is 10.5. The van der Waals surface area contributed by atoms with E-state index in [4.69, 9.17) is 14.6 Å². The molecule has 0 spiro atoms. The first-order chi connectivity index (χ1) is 28.6. The molecule has 0 bridgehead atoms. The van der Waals surface area contributed by atoms with Crippen LogP contribution in [0.4, 0.5) is 17.3 Å². The van der Waals surface area contributed by atoms with Crippen molar-refractivity contribution in [1.82, 2.24) is 44.3 Å². The summed E-state index contributed by atoms with van der Waals surface area (Å²) >= 11 is 0. The maximum atomic E-state index is 10.5. The van der Waals surface area contributed by atoms with Gasteiger partial charge in [-0.2, -0.15) is 0 Å². The number of hydrogen-bond donors (Lipinski definition) is 3. The number of hydrogen-bond acceptors (Lipinski definition) is 12. The number of aliphatic hydroxyl groups is 1. The Labute approximate surface area is 344 Å². The van der Waals surface area contributed by atoms with E-state index in [9.17, 15) is 5.11 Å². The van der Waals surface area contributed by atoms with Crippen LogP contribution in [0.3, 0.4) is 0 Å². The van der Waals surface area contributed by atoms with Gasteiger partial charge in [-0.3, -0.25) is 0 Å². The first kappa shape index (κ1) is 38.6. The zero-order valence-corrected chi connectivity index (χ0v) is 34.4. The van der Waals surface area contributed by atoms with E-state index in [2.05, 4.69) is 77.0 Å². The van der Waals surface area contributed by atoms with Crippen molar-refractivity contribution in [2.75, 3.05) is 55.8 Å². The maximum Gasteiger partial charge on any atom is 0.247 e. The van der Waals surface area contributed by atoms with Crippen molar-refractivity contribution in [2.45, 2.75) is 70.4 Å². The van der Waals surface area contributed by atoms with E-state index < -0.39 is 5.60 Å². The molecule has 2 fully saturated rings. The highest BCUT2D eigenvalue weighted by Gasteiger charge is 2.31.